The fraction of sp³-hybridized carbons (Fsp3) is 0.324. The third-order valence-electron chi connectivity index (χ3n) is 5.91. The Kier molecular flexibility index (Phi) is 13.8. The number of benzene rings is 3. The van der Waals surface area contributed by atoms with Crippen LogP contribution in [0.15, 0.2) is 84.9 Å². The molecular formula is C34H43ClN4O3. The normalized spacial score (nSPS) is 10.4. The topological polar surface area (TPSA) is 85.2 Å². The van der Waals surface area contributed by atoms with Crippen molar-refractivity contribution in [1.82, 2.24) is 20.4 Å². The molecule has 0 spiro atoms. The summed E-state index contributed by atoms with van der Waals surface area (Å²) in [6.07, 6.45) is 0.157. The van der Waals surface area contributed by atoms with Gasteiger partial charge in [0.05, 0.1) is 17.8 Å². The van der Waals surface area contributed by atoms with Crippen LogP contribution in [-0.2, 0) is 4.79 Å². The number of amides is 2. The summed E-state index contributed by atoms with van der Waals surface area (Å²) in [5.41, 5.74) is 3.11. The number of ether oxygens (including phenoxy) is 1. The van der Waals surface area contributed by atoms with Gasteiger partial charge in [0.25, 0.3) is 5.91 Å². The Morgan fingerprint density at radius 3 is 1.98 bits per heavy atom. The maximum atomic E-state index is 13.1. The van der Waals surface area contributed by atoms with Gasteiger partial charge in [0, 0.05) is 29.2 Å². The Morgan fingerprint density at radius 1 is 0.833 bits per heavy atom. The van der Waals surface area contributed by atoms with Crippen molar-refractivity contribution in [2.45, 2.75) is 60.5 Å². The molecule has 224 valence electrons. The van der Waals surface area contributed by atoms with E-state index in [1.165, 1.54) is 0 Å². The average Bonchev–Trinajstić information content (AvgIpc) is 3.36. The number of nitrogens with zero attached hydrogens (tertiary/aromatic N) is 2. The lowest BCUT2D eigenvalue weighted by Gasteiger charge is -2.26. The van der Waals surface area contributed by atoms with E-state index in [1.807, 2.05) is 109 Å². The van der Waals surface area contributed by atoms with Crippen molar-refractivity contribution >= 4 is 23.4 Å². The van der Waals surface area contributed by atoms with Crippen LogP contribution < -0.4 is 15.4 Å². The van der Waals surface area contributed by atoms with E-state index in [4.69, 9.17) is 16.3 Å². The molecule has 0 saturated heterocycles. The summed E-state index contributed by atoms with van der Waals surface area (Å²) < 4.78 is 7.73. The minimum Gasteiger partial charge on any atom is -0.487 e. The molecule has 42 heavy (non-hydrogen) atoms. The van der Waals surface area contributed by atoms with E-state index >= 15 is 0 Å². The van der Waals surface area contributed by atoms with Crippen LogP contribution in [0.3, 0.4) is 0 Å². The van der Waals surface area contributed by atoms with Crippen molar-refractivity contribution in [3.8, 4) is 22.7 Å². The Hall–Kier alpha value is -4.10. The predicted molar refractivity (Wildman–Crippen MR) is 173 cm³/mol. The molecule has 4 aromatic rings. The van der Waals surface area contributed by atoms with E-state index in [-0.39, 0.29) is 31.3 Å². The van der Waals surface area contributed by atoms with Gasteiger partial charge in [0.1, 0.15) is 11.4 Å². The van der Waals surface area contributed by atoms with Gasteiger partial charge in [0.2, 0.25) is 5.91 Å². The second-order valence-electron chi connectivity index (χ2n) is 9.53. The molecule has 0 aliphatic rings. The monoisotopic (exact) mass is 590 g/mol. The van der Waals surface area contributed by atoms with Crippen LogP contribution in [0, 0.1) is 6.92 Å². The molecule has 0 aliphatic carbocycles. The molecule has 1 aromatic heterocycles. The number of carbonyl (C=O) groups excluding carboxylic acids is 2. The van der Waals surface area contributed by atoms with E-state index in [9.17, 15) is 9.59 Å². The number of halogens is 1. The molecule has 0 bridgehead atoms. The van der Waals surface area contributed by atoms with Gasteiger partial charge in [0.15, 0.2) is 5.69 Å². The molecule has 0 atom stereocenters. The number of hydrogen-bond donors (Lipinski definition) is 2. The maximum Gasteiger partial charge on any atom is 0.272 e. The van der Waals surface area contributed by atoms with Crippen LogP contribution >= 0.6 is 11.6 Å². The summed E-state index contributed by atoms with van der Waals surface area (Å²) in [5.74, 6) is 0.170. The summed E-state index contributed by atoms with van der Waals surface area (Å²) in [6.45, 7) is 14.1. The number of hydrogen-bond acceptors (Lipinski definition) is 4. The molecule has 0 fully saturated rings. The summed E-state index contributed by atoms with van der Waals surface area (Å²) in [6, 6.07) is 26.6. The molecule has 0 saturated carbocycles. The van der Waals surface area contributed by atoms with E-state index < -0.39 is 5.60 Å². The fourth-order valence-electron chi connectivity index (χ4n) is 4.17. The van der Waals surface area contributed by atoms with E-state index in [0.29, 0.717) is 16.5 Å². The first-order chi connectivity index (χ1) is 20.2. The molecule has 2 amide bonds. The van der Waals surface area contributed by atoms with Crippen LogP contribution in [0.2, 0.25) is 5.02 Å². The first-order valence-electron chi connectivity index (χ1n) is 14.4. The SMILES string of the molecule is CC.CC.Cc1c(C(=O)NCCNC(=O)CC(C)(C)Oc2ccc(Cl)cc2)nn(-c2ccccc2)c1-c1ccccc1. The third-order valence-corrected chi connectivity index (χ3v) is 6.16. The molecule has 0 radical (unpaired) electrons. The molecule has 0 unspecified atom stereocenters. The fourth-order valence-corrected chi connectivity index (χ4v) is 4.30. The van der Waals surface area contributed by atoms with Crippen molar-refractivity contribution in [2.75, 3.05) is 13.1 Å². The first-order valence-corrected chi connectivity index (χ1v) is 14.8. The highest BCUT2D eigenvalue weighted by atomic mass is 35.5. The van der Waals surface area contributed by atoms with Crippen LogP contribution in [0.4, 0.5) is 0 Å². The highest BCUT2D eigenvalue weighted by Crippen LogP contribution is 2.28. The number of para-hydroxylation sites is 1. The first kappa shape index (κ1) is 34.1. The van der Waals surface area contributed by atoms with Crippen molar-refractivity contribution in [3.05, 3.63) is 101 Å². The largest absolute Gasteiger partial charge is 0.487 e. The van der Waals surface area contributed by atoms with Gasteiger partial charge in [-0.3, -0.25) is 9.59 Å². The number of carbonyl (C=O) groups is 2. The van der Waals surface area contributed by atoms with E-state index in [0.717, 1.165) is 22.5 Å². The van der Waals surface area contributed by atoms with Crippen molar-refractivity contribution in [3.63, 3.8) is 0 Å². The van der Waals surface area contributed by atoms with E-state index in [1.54, 1.807) is 28.9 Å². The molecule has 8 heteroatoms. The lowest BCUT2D eigenvalue weighted by Crippen LogP contribution is -2.40. The second kappa shape index (κ2) is 17.0. The zero-order valence-electron chi connectivity index (χ0n) is 25.7. The van der Waals surface area contributed by atoms with Gasteiger partial charge >= 0.3 is 0 Å². The zero-order valence-corrected chi connectivity index (χ0v) is 26.5. The summed E-state index contributed by atoms with van der Waals surface area (Å²) in [4.78, 5) is 25.6. The minimum atomic E-state index is -0.712. The molecule has 3 aromatic carbocycles. The molecule has 0 aliphatic heterocycles. The minimum absolute atomic E-state index is 0.157. The highest BCUT2D eigenvalue weighted by molar-refractivity contribution is 6.30. The number of nitrogens with one attached hydrogen (secondary N) is 2. The summed E-state index contributed by atoms with van der Waals surface area (Å²) in [5, 5.41) is 11.0. The van der Waals surface area contributed by atoms with Crippen LogP contribution in [0.5, 0.6) is 5.75 Å². The maximum absolute atomic E-state index is 13.1. The zero-order chi connectivity index (χ0) is 31.1. The van der Waals surface area contributed by atoms with Gasteiger partial charge in [-0.15, -0.1) is 0 Å². The lowest BCUT2D eigenvalue weighted by atomic mass is 10.0. The smallest absolute Gasteiger partial charge is 0.272 e. The lowest BCUT2D eigenvalue weighted by molar-refractivity contribution is -0.124. The molecule has 2 N–H and O–H groups in total. The number of rotatable bonds is 10. The van der Waals surface area contributed by atoms with Gasteiger partial charge < -0.3 is 15.4 Å². The Morgan fingerprint density at radius 2 is 1.38 bits per heavy atom. The van der Waals surface area contributed by atoms with Crippen LogP contribution in [0.25, 0.3) is 16.9 Å². The van der Waals surface area contributed by atoms with Gasteiger partial charge in [-0.1, -0.05) is 87.8 Å². The standard InChI is InChI=1S/C30H31ClN4O3.2C2H6/c1-21-27(34-35(24-12-8-5-9-13-24)28(21)22-10-6-4-7-11-22)29(37)33-19-18-32-26(36)20-30(2,3)38-25-16-14-23(31)15-17-25;2*1-2/h4-17H,18-20H2,1-3H3,(H,32,36)(H,33,37);2*1-2H3. The average molecular weight is 591 g/mol. The molecule has 7 nitrogen and oxygen atoms in total. The summed E-state index contributed by atoms with van der Waals surface area (Å²) in [7, 11) is 0. The number of aromatic nitrogens is 2. The summed E-state index contributed by atoms with van der Waals surface area (Å²) >= 11 is 5.92. The van der Waals surface area contributed by atoms with Crippen molar-refractivity contribution < 1.29 is 14.3 Å². The van der Waals surface area contributed by atoms with Gasteiger partial charge in [-0.2, -0.15) is 5.10 Å². The van der Waals surface area contributed by atoms with Crippen LogP contribution in [-0.4, -0.2) is 40.3 Å². The van der Waals surface area contributed by atoms with Gasteiger partial charge in [-0.05, 0) is 57.2 Å². The third kappa shape index (κ3) is 9.77. The van der Waals surface area contributed by atoms with Crippen molar-refractivity contribution in [1.29, 1.82) is 0 Å². The quantitative estimate of drug-likeness (QED) is 0.186. The Balaban J connectivity index is 0.00000148. The molecular weight excluding hydrogens is 548 g/mol. The van der Waals surface area contributed by atoms with Gasteiger partial charge in [-0.25, -0.2) is 4.68 Å². The molecule has 4 rings (SSSR count). The predicted octanol–water partition coefficient (Wildman–Crippen LogP) is 7.65. The molecule has 1 heterocycles. The van der Waals surface area contributed by atoms with Crippen LogP contribution in [0.1, 0.15) is 64.0 Å². The second-order valence-corrected chi connectivity index (χ2v) is 9.97. The van der Waals surface area contributed by atoms with Crippen molar-refractivity contribution in [2.24, 2.45) is 0 Å². The van der Waals surface area contributed by atoms with E-state index in [2.05, 4.69) is 15.7 Å². The Labute approximate surface area is 255 Å². The highest BCUT2D eigenvalue weighted by Gasteiger charge is 2.25. The Bertz CT molecular complexity index is 1390.